The maximum Gasteiger partial charge on any atom is 0.145 e. The van der Waals surface area contributed by atoms with Crippen LogP contribution < -0.4 is 0 Å². The number of aromatic nitrogens is 3. The smallest absolute Gasteiger partial charge is 0.145 e. The summed E-state index contributed by atoms with van der Waals surface area (Å²) in [6.45, 7) is 4.05. The number of nitrogens with zero attached hydrogens (tertiary/aromatic N) is 3. The van der Waals surface area contributed by atoms with Crippen molar-refractivity contribution in [2.45, 2.75) is 13.8 Å². The van der Waals surface area contributed by atoms with Crippen molar-refractivity contribution in [2.75, 3.05) is 0 Å². The lowest BCUT2D eigenvalue weighted by molar-refractivity contribution is 0.852. The molecule has 3 rings (SSSR count). The van der Waals surface area contributed by atoms with Gasteiger partial charge >= 0.3 is 0 Å². The molecule has 17 heavy (non-hydrogen) atoms. The zero-order valence-electron chi connectivity index (χ0n) is 9.44. The van der Waals surface area contributed by atoms with Crippen LogP contribution >= 0.6 is 27.5 Å². The fraction of sp³-hybridized carbons (Fsp3) is 0.167. The van der Waals surface area contributed by atoms with Gasteiger partial charge in [-0.2, -0.15) is 9.47 Å². The first kappa shape index (κ1) is 10.9. The molecule has 0 aliphatic carbocycles. The first-order valence-corrected chi connectivity index (χ1v) is 6.81. The topological polar surface area (TPSA) is 30.7 Å². The van der Waals surface area contributed by atoms with E-state index < -0.39 is 0 Å². The number of hydrogen-bond donors (Lipinski definition) is 0. The summed E-state index contributed by atoms with van der Waals surface area (Å²) < 4.78 is 7.46. The minimum absolute atomic E-state index is 1.000. The lowest BCUT2D eigenvalue weighted by Crippen LogP contribution is -1.96. The highest BCUT2D eigenvalue weighted by Gasteiger charge is 2.14. The summed E-state index contributed by atoms with van der Waals surface area (Å²) in [5, 5.41) is 6.77. The van der Waals surface area contributed by atoms with E-state index >= 15 is 0 Å². The molecule has 0 saturated heterocycles. The molecule has 0 unspecified atom stereocenters. The Bertz CT molecular complexity index is 699. The molecule has 0 N–H and O–H groups in total. The number of hydrogen-bond acceptors (Lipinski definition) is 3. The van der Waals surface area contributed by atoms with Gasteiger partial charge in [-0.1, -0.05) is 12.1 Å². The van der Waals surface area contributed by atoms with Crippen molar-refractivity contribution in [3.8, 4) is 5.00 Å². The highest BCUT2D eigenvalue weighted by atomic mass is 79.9. The summed E-state index contributed by atoms with van der Waals surface area (Å²) in [4.78, 5) is 0. The van der Waals surface area contributed by atoms with Crippen molar-refractivity contribution in [1.82, 2.24) is 14.2 Å². The van der Waals surface area contributed by atoms with Crippen molar-refractivity contribution < 1.29 is 0 Å². The molecule has 3 nitrogen and oxygen atoms in total. The van der Waals surface area contributed by atoms with Crippen LogP contribution in [-0.4, -0.2) is 14.2 Å². The average Bonchev–Trinajstić information content (AvgIpc) is 2.86. The lowest BCUT2D eigenvalue weighted by Gasteiger charge is -2.00. The van der Waals surface area contributed by atoms with Gasteiger partial charge in [0.25, 0.3) is 0 Å². The molecule has 0 saturated carbocycles. The van der Waals surface area contributed by atoms with Crippen LogP contribution in [0, 0.1) is 13.8 Å². The predicted octanol–water partition coefficient (Wildman–Crippen LogP) is 3.86. The number of rotatable bonds is 1. The van der Waals surface area contributed by atoms with Gasteiger partial charge in [-0.3, -0.25) is 0 Å². The highest BCUT2D eigenvalue weighted by Crippen LogP contribution is 2.29. The first-order valence-electron chi connectivity index (χ1n) is 5.25. The van der Waals surface area contributed by atoms with E-state index in [0.29, 0.717) is 0 Å². The van der Waals surface area contributed by atoms with Crippen LogP contribution in [0.5, 0.6) is 0 Å². The molecule has 2 aromatic heterocycles. The Hall–Kier alpha value is -1.20. The van der Waals surface area contributed by atoms with E-state index in [9.17, 15) is 0 Å². The van der Waals surface area contributed by atoms with E-state index in [2.05, 4.69) is 38.4 Å². The van der Waals surface area contributed by atoms with Gasteiger partial charge in [0.1, 0.15) is 5.00 Å². The monoisotopic (exact) mass is 307 g/mol. The molecule has 0 fully saturated rings. The van der Waals surface area contributed by atoms with Crippen molar-refractivity contribution in [3.63, 3.8) is 0 Å². The van der Waals surface area contributed by atoms with Gasteiger partial charge in [0.05, 0.1) is 21.4 Å². The molecular formula is C12H10BrN3S. The summed E-state index contributed by atoms with van der Waals surface area (Å²) >= 11 is 5.03. The molecule has 0 amide bonds. The Morgan fingerprint density at radius 3 is 2.71 bits per heavy atom. The summed E-state index contributed by atoms with van der Waals surface area (Å²) in [6, 6.07) is 8.14. The molecule has 0 spiro atoms. The normalized spacial score (nSPS) is 11.2. The summed E-state index contributed by atoms with van der Waals surface area (Å²) in [5.74, 6) is 0. The zero-order valence-corrected chi connectivity index (χ0v) is 11.8. The highest BCUT2D eigenvalue weighted by molar-refractivity contribution is 9.10. The van der Waals surface area contributed by atoms with Gasteiger partial charge in [0.2, 0.25) is 0 Å². The third kappa shape index (κ3) is 1.61. The molecule has 1 aromatic carbocycles. The van der Waals surface area contributed by atoms with E-state index in [1.807, 2.05) is 29.8 Å². The average molecular weight is 308 g/mol. The second kappa shape index (κ2) is 3.92. The van der Waals surface area contributed by atoms with Crippen molar-refractivity contribution >= 4 is 38.4 Å². The van der Waals surface area contributed by atoms with E-state index in [1.54, 1.807) is 0 Å². The number of benzene rings is 1. The third-order valence-corrected chi connectivity index (χ3v) is 4.76. The molecule has 0 bridgehead atoms. The van der Waals surface area contributed by atoms with Crippen LogP contribution in [0.4, 0.5) is 0 Å². The van der Waals surface area contributed by atoms with Crippen LogP contribution in [0.15, 0.2) is 28.7 Å². The van der Waals surface area contributed by atoms with E-state index in [-0.39, 0.29) is 0 Å². The second-order valence-corrected chi connectivity index (χ2v) is 5.45. The summed E-state index contributed by atoms with van der Waals surface area (Å²) in [5.41, 5.74) is 3.13. The Labute approximate surface area is 111 Å². The minimum atomic E-state index is 1.000. The van der Waals surface area contributed by atoms with Gasteiger partial charge in [-0.15, -0.1) is 0 Å². The van der Waals surface area contributed by atoms with Crippen LogP contribution in [0.25, 0.3) is 15.9 Å². The third-order valence-electron chi connectivity index (χ3n) is 2.76. The molecule has 0 aliphatic rings. The molecule has 0 radical (unpaired) electrons. The van der Waals surface area contributed by atoms with Crippen molar-refractivity contribution in [3.05, 3.63) is 40.1 Å². The Morgan fingerprint density at radius 1 is 1.24 bits per heavy atom. The largest absolute Gasteiger partial charge is 0.224 e. The molecule has 0 aliphatic heterocycles. The Kier molecular flexibility index (Phi) is 2.52. The fourth-order valence-electron chi connectivity index (χ4n) is 1.85. The van der Waals surface area contributed by atoms with Gasteiger partial charge in [-0.25, -0.2) is 4.68 Å². The summed E-state index contributed by atoms with van der Waals surface area (Å²) in [7, 11) is 0. The molecule has 0 atom stereocenters. The molecule has 2 heterocycles. The SMILES string of the molecule is Cc1nn(-c2snc3ccccc23)c(C)c1Br. The minimum Gasteiger partial charge on any atom is -0.224 e. The van der Waals surface area contributed by atoms with Crippen LogP contribution in [0.2, 0.25) is 0 Å². The van der Waals surface area contributed by atoms with Crippen LogP contribution in [0.1, 0.15) is 11.4 Å². The van der Waals surface area contributed by atoms with Crippen LogP contribution in [0.3, 0.4) is 0 Å². The Morgan fingerprint density at radius 2 is 2.00 bits per heavy atom. The first-order chi connectivity index (χ1) is 8.18. The number of fused-ring (bicyclic) bond motifs is 1. The molecule has 5 heteroatoms. The second-order valence-electron chi connectivity index (χ2n) is 3.90. The van der Waals surface area contributed by atoms with E-state index in [4.69, 9.17) is 0 Å². The van der Waals surface area contributed by atoms with Crippen molar-refractivity contribution in [2.24, 2.45) is 0 Å². The van der Waals surface area contributed by atoms with Crippen molar-refractivity contribution in [1.29, 1.82) is 0 Å². The fourth-order valence-corrected chi connectivity index (χ4v) is 2.97. The molecule has 86 valence electrons. The standard InChI is InChI=1S/C12H10BrN3S/c1-7-11(13)8(2)16(14-7)12-9-5-3-4-6-10(9)15-17-12/h3-6H,1-2H3. The zero-order chi connectivity index (χ0) is 12.0. The van der Waals surface area contributed by atoms with E-state index in [0.717, 1.165) is 31.8 Å². The summed E-state index contributed by atoms with van der Waals surface area (Å²) in [6.07, 6.45) is 0. The molecular weight excluding hydrogens is 298 g/mol. The van der Waals surface area contributed by atoms with Gasteiger partial charge in [0.15, 0.2) is 0 Å². The Balaban J connectivity index is 2.31. The van der Waals surface area contributed by atoms with Crippen LogP contribution in [-0.2, 0) is 0 Å². The molecule has 3 aromatic rings. The van der Waals surface area contributed by atoms with Gasteiger partial charge in [-0.05, 0) is 53.4 Å². The number of halogens is 1. The van der Waals surface area contributed by atoms with Gasteiger partial charge in [0, 0.05) is 5.39 Å². The van der Waals surface area contributed by atoms with Gasteiger partial charge < -0.3 is 0 Å². The lowest BCUT2D eigenvalue weighted by atomic mass is 10.2. The maximum atomic E-state index is 4.54. The number of aryl methyl sites for hydroxylation is 1. The predicted molar refractivity (Wildman–Crippen MR) is 73.9 cm³/mol. The van der Waals surface area contributed by atoms with E-state index in [1.165, 1.54) is 11.5 Å². The maximum absolute atomic E-state index is 4.54. The quantitative estimate of drug-likeness (QED) is 0.683.